The fourth-order valence-corrected chi connectivity index (χ4v) is 4.46. The minimum Gasteiger partial charge on any atom is -0.360 e. The highest BCUT2D eigenvalue weighted by atomic mass is 32.2. The average Bonchev–Trinajstić information content (AvgIpc) is 3.16. The molecule has 0 aliphatic heterocycles. The lowest BCUT2D eigenvalue weighted by Gasteiger charge is -2.10. The zero-order valence-electron chi connectivity index (χ0n) is 12.7. The van der Waals surface area contributed by atoms with Crippen molar-refractivity contribution in [2.45, 2.75) is 25.3 Å². The van der Waals surface area contributed by atoms with E-state index in [1.54, 1.807) is 25.2 Å². The molecule has 3 rings (SSSR count). The van der Waals surface area contributed by atoms with Gasteiger partial charge in [-0.3, -0.25) is 0 Å². The lowest BCUT2D eigenvalue weighted by atomic mass is 10.0. The lowest BCUT2D eigenvalue weighted by molar-refractivity contribution is 0.390. The van der Waals surface area contributed by atoms with Gasteiger partial charge in [0.15, 0.2) is 5.76 Å². The zero-order chi connectivity index (χ0) is 16.4. The van der Waals surface area contributed by atoms with Crippen LogP contribution in [-0.4, -0.2) is 13.6 Å². The number of aryl methyl sites for hydroxylation is 2. The van der Waals surface area contributed by atoms with E-state index in [0.717, 1.165) is 16.7 Å². The Labute approximate surface area is 139 Å². The Hall–Kier alpha value is -1.96. The number of hydrogen-bond acceptors (Lipinski definition) is 5. The lowest BCUT2D eigenvalue weighted by Crippen LogP contribution is -2.24. The predicted octanol–water partition coefficient (Wildman–Crippen LogP) is 3.50. The number of rotatable bonds is 5. The molecule has 0 fully saturated rings. The van der Waals surface area contributed by atoms with E-state index in [0.29, 0.717) is 11.5 Å². The molecule has 0 radical (unpaired) electrons. The highest BCUT2D eigenvalue weighted by Crippen LogP contribution is 2.26. The van der Waals surface area contributed by atoms with E-state index in [9.17, 15) is 8.42 Å². The van der Waals surface area contributed by atoms with Gasteiger partial charge in [0.05, 0.1) is 0 Å². The fraction of sp³-hybridized carbons (Fsp3) is 0.188. The second-order valence-corrected chi connectivity index (χ2v) is 7.63. The molecule has 0 bridgehead atoms. The number of nitrogens with one attached hydrogen (secondary N) is 1. The van der Waals surface area contributed by atoms with Crippen LogP contribution in [0.2, 0.25) is 0 Å². The third kappa shape index (κ3) is 3.21. The van der Waals surface area contributed by atoms with Gasteiger partial charge in [-0.1, -0.05) is 29.4 Å². The molecule has 1 N–H and O–H groups in total. The van der Waals surface area contributed by atoms with Crippen LogP contribution in [0.15, 0.2) is 50.5 Å². The summed E-state index contributed by atoms with van der Waals surface area (Å²) in [7, 11) is -3.67. The van der Waals surface area contributed by atoms with Gasteiger partial charge in [-0.15, -0.1) is 0 Å². The van der Waals surface area contributed by atoms with Gasteiger partial charge >= 0.3 is 0 Å². The van der Waals surface area contributed by atoms with Crippen LogP contribution in [0.1, 0.15) is 17.0 Å². The summed E-state index contributed by atoms with van der Waals surface area (Å²) in [5.41, 5.74) is 3.39. The van der Waals surface area contributed by atoms with Crippen LogP contribution in [0.4, 0.5) is 0 Å². The van der Waals surface area contributed by atoms with Gasteiger partial charge in [-0.2, -0.15) is 11.3 Å². The minimum atomic E-state index is -3.67. The maximum Gasteiger partial charge on any atom is 0.246 e. The Bertz CT molecular complexity index is 893. The average molecular weight is 348 g/mol. The molecule has 23 heavy (non-hydrogen) atoms. The van der Waals surface area contributed by atoms with Crippen molar-refractivity contribution in [2.75, 3.05) is 0 Å². The number of hydrogen-bond donors (Lipinski definition) is 1. The normalized spacial score (nSPS) is 11.7. The fourth-order valence-electron chi connectivity index (χ4n) is 2.48. The van der Waals surface area contributed by atoms with Gasteiger partial charge < -0.3 is 4.52 Å². The van der Waals surface area contributed by atoms with Crippen molar-refractivity contribution in [2.24, 2.45) is 0 Å². The predicted molar refractivity (Wildman–Crippen MR) is 89.8 cm³/mol. The van der Waals surface area contributed by atoms with Gasteiger partial charge in [0.2, 0.25) is 10.0 Å². The van der Waals surface area contributed by atoms with E-state index in [2.05, 4.69) is 9.88 Å². The molecule has 7 heteroatoms. The topological polar surface area (TPSA) is 72.2 Å². The maximum atomic E-state index is 12.5. The molecule has 0 amide bonds. The Morgan fingerprint density at radius 2 is 2.00 bits per heavy atom. The van der Waals surface area contributed by atoms with Crippen LogP contribution >= 0.6 is 11.3 Å². The third-order valence-electron chi connectivity index (χ3n) is 3.54. The van der Waals surface area contributed by atoms with Crippen molar-refractivity contribution in [3.05, 3.63) is 58.1 Å². The van der Waals surface area contributed by atoms with Gasteiger partial charge in [-0.05, 0) is 47.4 Å². The molecule has 120 valence electrons. The molecular weight excluding hydrogens is 332 g/mol. The van der Waals surface area contributed by atoms with E-state index in [4.69, 9.17) is 4.52 Å². The molecule has 0 saturated heterocycles. The molecular formula is C16H16N2O3S2. The first-order valence-corrected chi connectivity index (χ1v) is 9.44. The number of benzene rings is 1. The minimum absolute atomic E-state index is 0.116. The van der Waals surface area contributed by atoms with E-state index in [-0.39, 0.29) is 11.4 Å². The van der Waals surface area contributed by atoms with Crippen molar-refractivity contribution in [3.8, 4) is 11.1 Å². The number of thiophene rings is 1. The SMILES string of the molecule is Cc1noc(C)c1S(=O)(=O)NCc1ccccc1-c1ccsc1. The molecule has 3 aromatic rings. The van der Waals surface area contributed by atoms with E-state index in [1.165, 1.54) is 0 Å². The standard InChI is InChI=1S/C16H16N2O3S2/c1-11-16(12(2)21-18-11)23(19,20)17-9-13-5-3-4-6-15(13)14-7-8-22-10-14/h3-8,10,17H,9H2,1-2H3. The third-order valence-corrected chi connectivity index (χ3v) is 5.87. The maximum absolute atomic E-state index is 12.5. The summed E-state index contributed by atoms with van der Waals surface area (Å²) in [5.74, 6) is 0.293. The van der Waals surface area contributed by atoms with Crippen LogP contribution in [0.3, 0.4) is 0 Å². The molecule has 0 saturated carbocycles. The molecule has 0 aliphatic carbocycles. The van der Waals surface area contributed by atoms with Crippen LogP contribution in [0.25, 0.3) is 11.1 Å². The largest absolute Gasteiger partial charge is 0.360 e. The van der Waals surface area contributed by atoms with Crippen LogP contribution in [-0.2, 0) is 16.6 Å². The Morgan fingerprint density at radius 3 is 2.65 bits per heavy atom. The number of sulfonamides is 1. The molecule has 0 atom stereocenters. The number of aromatic nitrogens is 1. The molecule has 0 unspecified atom stereocenters. The second kappa shape index (κ2) is 6.27. The zero-order valence-corrected chi connectivity index (χ0v) is 14.4. The first-order chi connectivity index (χ1) is 11.0. The summed E-state index contributed by atoms with van der Waals surface area (Å²) < 4.78 is 32.6. The summed E-state index contributed by atoms with van der Waals surface area (Å²) >= 11 is 1.61. The highest BCUT2D eigenvalue weighted by molar-refractivity contribution is 7.89. The Kier molecular flexibility index (Phi) is 4.34. The smallest absolute Gasteiger partial charge is 0.246 e. The summed E-state index contributed by atoms with van der Waals surface area (Å²) in [5, 5.41) is 7.75. The molecule has 1 aromatic carbocycles. The van der Waals surface area contributed by atoms with Crippen molar-refractivity contribution >= 4 is 21.4 Å². The monoisotopic (exact) mass is 348 g/mol. The molecule has 0 aliphatic rings. The summed E-state index contributed by atoms with van der Waals surface area (Å²) in [4.78, 5) is 0.116. The van der Waals surface area contributed by atoms with Gasteiger partial charge in [0.25, 0.3) is 0 Å². The van der Waals surface area contributed by atoms with Crippen LogP contribution in [0.5, 0.6) is 0 Å². The van der Waals surface area contributed by atoms with Gasteiger partial charge in [-0.25, -0.2) is 13.1 Å². The highest BCUT2D eigenvalue weighted by Gasteiger charge is 2.24. The Morgan fingerprint density at radius 1 is 1.22 bits per heavy atom. The molecule has 5 nitrogen and oxygen atoms in total. The summed E-state index contributed by atoms with van der Waals surface area (Å²) in [6.45, 7) is 3.41. The first-order valence-electron chi connectivity index (χ1n) is 7.02. The molecule has 2 heterocycles. The van der Waals surface area contributed by atoms with E-state index >= 15 is 0 Å². The molecule has 2 aromatic heterocycles. The first kappa shape index (κ1) is 15.9. The summed E-state index contributed by atoms with van der Waals surface area (Å²) in [6, 6.07) is 9.77. The van der Waals surface area contributed by atoms with Crippen molar-refractivity contribution in [3.63, 3.8) is 0 Å². The van der Waals surface area contributed by atoms with Crippen molar-refractivity contribution in [1.29, 1.82) is 0 Å². The van der Waals surface area contributed by atoms with Crippen molar-refractivity contribution in [1.82, 2.24) is 9.88 Å². The van der Waals surface area contributed by atoms with Gasteiger partial charge in [0, 0.05) is 6.54 Å². The van der Waals surface area contributed by atoms with E-state index in [1.807, 2.05) is 41.1 Å². The Balaban J connectivity index is 1.87. The van der Waals surface area contributed by atoms with Crippen LogP contribution in [0, 0.1) is 13.8 Å². The second-order valence-electron chi connectivity index (χ2n) is 5.15. The van der Waals surface area contributed by atoms with Crippen molar-refractivity contribution < 1.29 is 12.9 Å². The van der Waals surface area contributed by atoms with Gasteiger partial charge in [0.1, 0.15) is 10.6 Å². The van der Waals surface area contributed by atoms with Crippen LogP contribution < -0.4 is 4.72 Å². The quantitative estimate of drug-likeness (QED) is 0.766. The summed E-state index contributed by atoms with van der Waals surface area (Å²) in [6.07, 6.45) is 0. The van der Waals surface area contributed by atoms with E-state index < -0.39 is 10.0 Å². The molecule has 0 spiro atoms. The number of nitrogens with zero attached hydrogens (tertiary/aromatic N) is 1.